The summed E-state index contributed by atoms with van der Waals surface area (Å²) in [6.45, 7) is 3.94. The third-order valence-electron chi connectivity index (χ3n) is 4.06. The van der Waals surface area contributed by atoms with E-state index in [1.54, 1.807) is 6.07 Å². The van der Waals surface area contributed by atoms with Gasteiger partial charge in [0, 0.05) is 16.5 Å². The fourth-order valence-corrected chi connectivity index (χ4v) is 2.88. The molecule has 0 radical (unpaired) electrons. The Labute approximate surface area is 138 Å². The molecule has 1 aliphatic rings. The molecule has 0 spiro atoms. The first-order chi connectivity index (χ1) is 11.3. The van der Waals surface area contributed by atoms with Crippen molar-refractivity contribution in [2.75, 3.05) is 6.61 Å². The highest BCUT2D eigenvalue weighted by Gasteiger charge is 2.41. The zero-order chi connectivity index (χ0) is 17.5. The van der Waals surface area contributed by atoms with E-state index in [0.29, 0.717) is 16.9 Å². The van der Waals surface area contributed by atoms with Crippen molar-refractivity contribution < 1.29 is 23.0 Å². The topological polar surface area (TPSA) is 61.6 Å². The number of primary amides is 1. The fraction of sp³-hybridized carbons (Fsp3) is 0.278. The Bertz CT molecular complexity index is 805. The van der Waals surface area contributed by atoms with Crippen molar-refractivity contribution in [1.29, 1.82) is 0 Å². The summed E-state index contributed by atoms with van der Waals surface area (Å²) in [6.07, 6.45) is -1.66. The molecule has 2 N–H and O–H groups in total. The van der Waals surface area contributed by atoms with Crippen LogP contribution in [0, 0.1) is 17.0 Å². The van der Waals surface area contributed by atoms with Crippen LogP contribution < -0.4 is 10.5 Å². The van der Waals surface area contributed by atoms with Gasteiger partial charge in [0.05, 0.1) is 6.61 Å². The summed E-state index contributed by atoms with van der Waals surface area (Å²) in [5.41, 5.74) is 5.60. The zero-order valence-electron chi connectivity index (χ0n) is 13.3. The number of amides is 1. The Hall–Kier alpha value is -2.63. The van der Waals surface area contributed by atoms with Crippen LogP contribution in [0.25, 0.3) is 11.1 Å². The molecule has 2 aromatic carbocycles. The average molecular weight is 333 g/mol. The Morgan fingerprint density at radius 2 is 2.04 bits per heavy atom. The number of benzene rings is 2. The summed E-state index contributed by atoms with van der Waals surface area (Å²) in [7, 11) is 0. The largest absolute Gasteiger partial charge is 0.492 e. The molecule has 0 aliphatic carbocycles. The van der Waals surface area contributed by atoms with Gasteiger partial charge in [-0.15, -0.1) is 0 Å². The van der Waals surface area contributed by atoms with Crippen LogP contribution in [0.1, 0.15) is 25.5 Å². The lowest BCUT2D eigenvalue weighted by molar-refractivity contribution is -0.0178. The maximum absolute atomic E-state index is 14.6. The molecule has 1 unspecified atom stereocenters. The Morgan fingerprint density at radius 1 is 1.29 bits per heavy atom. The minimum absolute atomic E-state index is 0.214. The molecule has 1 amide bonds. The van der Waals surface area contributed by atoms with Gasteiger partial charge in [-0.3, -0.25) is 0 Å². The highest BCUT2D eigenvalue weighted by molar-refractivity contribution is 5.68. The minimum Gasteiger partial charge on any atom is -0.492 e. The lowest BCUT2D eigenvalue weighted by Gasteiger charge is -2.38. The van der Waals surface area contributed by atoms with Crippen LogP contribution in [-0.2, 0) is 4.74 Å². The molecule has 1 atom stereocenters. The molecular formula is C18H17F2NO3. The van der Waals surface area contributed by atoms with E-state index in [-0.39, 0.29) is 12.2 Å². The fourth-order valence-electron chi connectivity index (χ4n) is 2.88. The summed E-state index contributed by atoms with van der Waals surface area (Å²) >= 11 is 0. The predicted octanol–water partition coefficient (Wildman–Crippen LogP) is 4.19. The van der Waals surface area contributed by atoms with Crippen molar-refractivity contribution in [2.24, 2.45) is 11.1 Å². The second-order valence-electron chi connectivity index (χ2n) is 6.47. The SMILES string of the molecule is CC1(C)COc2cc(-c3cccc(F)c3)c(F)cc2C1OC(N)=O. The van der Waals surface area contributed by atoms with E-state index in [0.717, 1.165) is 0 Å². The van der Waals surface area contributed by atoms with Crippen molar-refractivity contribution in [1.82, 2.24) is 0 Å². The van der Waals surface area contributed by atoms with Gasteiger partial charge in [-0.2, -0.15) is 0 Å². The number of rotatable bonds is 2. The number of carbonyl (C=O) groups excluding carboxylic acids is 1. The summed E-state index contributed by atoms with van der Waals surface area (Å²) in [5.74, 6) is -0.624. The molecule has 0 aromatic heterocycles. The smallest absolute Gasteiger partial charge is 0.405 e. The third-order valence-corrected chi connectivity index (χ3v) is 4.06. The van der Waals surface area contributed by atoms with Gasteiger partial charge in [0.25, 0.3) is 0 Å². The molecule has 2 aromatic rings. The van der Waals surface area contributed by atoms with Gasteiger partial charge in [-0.25, -0.2) is 13.6 Å². The molecule has 0 fully saturated rings. The normalized spacial score (nSPS) is 18.4. The highest BCUT2D eigenvalue weighted by Crippen LogP contribution is 2.46. The zero-order valence-corrected chi connectivity index (χ0v) is 13.3. The first-order valence-electron chi connectivity index (χ1n) is 7.46. The Morgan fingerprint density at radius 3 is 2.71 bits per heavy atom. The molecule has 6 heteroatoms. The van der Waals surface area contributed by atoms with E-state index in [1.807, 2.05) is 13.8 Å². The predicted molar refractivity (Wildman–Crippen MR) is 84.5 cm³/mol. The van der Waals surface area contributed by atoms with Crippen molar-refractivity contribution in [2.45, 2.75) is 20.0 Å². The minimum atomic E-state index is -0.935. The van der Waals surface area contributed by atoms with E-state index < -0.39 is 29.2 Å². The van der Waals surface area contributed by atoms with E-state index >= 15 is 0 Å². The molecule has 0 saturated carbocycles. The van der Waals surface area contributed by atoms with E-state index in [2.05, 4.69) is 0 Å². The van der Waals surface area contributed by atoms with Gasteiger partial charge in [0.2, 0.25) is 0 Å². The average Bonchev–Trinajstić information content (AvgIpc) is 2.50. The van der Waals surface area contributed by atoms with Crippen molar-refractivity contribution in [3.63, 3.8) is 0 Å². The number of hydrogen-bond donors (Lipinski definition) is 1. The van der Waals surface area contributed by atoms with Gasteiger partial charge in [0.15, 0.2) is 0 Å². The van der Waals surface area contributed by atoms with Crippen molar-refractivity contribution >= 4 is 6.09 Å². The summed E-state index contributed by atoms with van der Waals surface area (Å²) in [6, 6.07) is 8.39. The first-order valence-corrected chi connectivity index (χ1v) is 7.46. The maximum atomic E-state index is 14.6. The molecule has 0 bridgehead atoms. The Balaban J connectivity index is 2.10. The lowest BCUT2D eigenvalue weighted by Crippen LogP contribution is -2.37. The lowest BCUT2D eigenvalue weighted by atomic mass is 9.80. The first kappa shape index (κ1) is 16.2. The maximum Gasteiger partial charge on any atom is 0.405 e. The molecule has 24 heavy (non-hydrogen) atoms. The van der Waals surface area contributed by atoms with Gasteiger partial charge in [-0.1, -0.05) is 26.0 Å². The third kappa shape index (κ3) is 2.91. The summed E-state index contributed by atoms with van der Waals surface area (Å²) in [5, 5.41) is 0. The van der Waals surface area contributed by atoms with Gasteiger partial charge in [-0.05, 0) is 29.8 Å². The molecular weight excluding hydrogens is 316 g/mol. The number of fused-ring (bicyclic) bond motifs is 1. The second kappa shape index (κ2) is 5.78. The number of ether oxygens (including phenoxy) is 2. The van der Waals surface area contributed by atoms with E-state index in [1.165, 1.54) is 30.3 Å². The molecule has 3 rings (SSSR count). The van der Waals surface area contributed by atoms with E-state index in [4.69, 9.17) is 15.2 Å². The van der Waals surface area contributed by atoms with Crippen LogP contribution in [0.4, 0.5) is 13.6 Å². The van der Waals surface area contributed by atoms with Crippen molar-refractivity contribution in [3.8, 4) is 16.9 Å². The summed E-state index contributed by atoms with van der Waals surface area (Å²) in [4.78, 5) is 11.2. The van der Waals surface area contributed by atoms with Gasteiger partial charge in [0.1, 0.15) is 23.5 Å². The highest BCUT2D eigenvalue weighted by atomic mass is 19.1. The number of nitrogens with two attached hydrogens (primary N) is 1. The molecule has 0 saturated heterocycles. The summed E-state index contributed by atoms with van der Waals surface area (Å²) < 4.78 is 38.9. The van der Waals surface area contributed by atoms with E-state index in [9.17, 15) is 13.6 Å². The van der Waals surface area contributed by atoms with Crippen molar-refractivity contribution in [3.05, 3.63) is 53.6 Å². The molecule has 1 heterocycles. The Kier molecular flexibility index (Phi) is 3.91. The monoisotopic (exact) mass is 333 g/mol. The second-order valence-corrected chi connectivity index (χ2v) is 6.47. The van der Waals surface area contributed by atoms with Gasteiger partial charge >= 0.3 is 6.09 Å². The molecule has 4 nitrogen and oxygen atoms in total. The van der Waals surface area contributed by atoms with Crippen LogP contribution in [0.5, 0.6) is 5.75 Å². The van der Waals surface area contributed by atoms with Crippen LogP contribution in [0.3, 0.4) is 0 Å². The van der Waals surface area contributed by atoms with Crippen LogP contribution in [0.2, 0.25) is 0 Å². The quantitative estimate of drug-likeness (QED) is 0.896. The van der Waals surface area contributed by atoms with Crippen LogP contribution in [-0.4, -0.2) is 12.7 Å². The number of carbonyl (C=O) groups is 1. The van der Waals surface area contributed by atoms with Crippen LogP contribution >= 0.6 is 0 Å². The van der Waals surface area contributed by atoms with Crippen LogP contribution in [0.15, 0.2) is 36.4 Å². The molecule has 126 valence electrons. The number of hydrogen-bond acceptors (Lipinski definition) is 3. The van der Waals surface area contributed by atoms with Gasteiger partial charge < -0.3 is 15.2 Å². The standard InChI is InChI=1S/C18H17F2NO3/c1-18(2)9-23-15-8-12(10-4-3-5-11(19)6-10)14(20)7-13(15)16(18)24-17(21)22/h3-8,16H,9H2,1-2H3,(H2,21,22). The number of halogens is 2. The molecule has 1 aliphatic heterocycles.